The average Bonchev–Trinajstić information content (AvgIpc) is 2.62. The van der Waals surface area contributed by atoms with Crippen molar-refractivity contribution in [3.05, 3.63) is 53.2 Å². The Labute approximate surface area is 167 Å². The van der Waals surface area contributed by atoms with Crippen molar-refractivity contribution in [2.75, 3.05) is 38.7 Å². The molecule has 2 aromatic heterocycles. The van der Waals surface area contributed by atoms with Crippen LogP contribution in [0.2, 0.25) is 0 Å². The zero-order chi connectivity index (χ0) is 20.1. The van der Waals surface area contributed by atoms with Gasteiger partial charge in [0.05, 0.1) is 26.7 Å². The van der Waals surface area contributed by atoms with E-state index in [9.17, 15) is 0 Å². The summed E-state index contributed by atoms with van der Waals surface area (Å²) < 4.78 is 0.919. The molecule has 0 fully saturated rings. The van der Waals surface area contributed by atoms with E-state index in [1.807, 2.05) is 12.1 Å². The third-order valence-corrected chi connectivity index (χ3v) is 4.51. The van der Waals surface area contributed by atoms with Crippen LogP contribution in [0.15, 0.2) is 36.4 Å². The van der Waals surface area contributed by atoms with Gasteiger partial charge in [-0.15, -0.1) is 0 Å². The monoisotopic (exact) mass is 379 g/mol. The molecule has 0 aliphatic heterocycles. The van der Waals surface area contributed by atoms with Gasteiger partial charge in [-0.1, -0.05) is 37.6 Å². The minimum Gasteiger partial charge on any atom is -0.368 e. The number of fused-ring (bicyclic) bond motifs is 1. The topological polar surface area (TPSA) is 76.7 Å². The third-order valence-electron chi connectivity index (χ3n) is 4.51. The molecule has 0 bridgehead atoms. The third kappa shape index (κ3) is 5.39. The average molecular weight is 380 g/mol. The number of pyridine rings is 1. The molecule has 6 heteroatoms. The summed E-state index contributed by atoms with van der Waals surface area (Å²) in [6.07, 6.45) is 2.97. The predicted octanol–water partition coefficient (Wildman–Crippen LogP) is 3.62. The number of hydrogen-bond donors (Lipinski definition) is 2. The van der Waals surface area contributed by atoms with Gasteiger partial charge < -0.3 is 15.5 Å². The zero-order valence-corrected chi connectivity index (χ0v) is 17.4. The van der Waals surface area contributed by atoms with Gasteiger partial charge in [-0.3, -0.25) is 0 Å². The summed E-state index contributed by atoms with van der Waals surface area (Å²) >= 11 is 0. The maximum absolute atomic E-state index is 5.86. The molecular formula is C22H31N6+. The quantitative estimate of drug-likeness (QED) is 0.462. The Morgan fingerprint density at radius 3 is 2.32 bits per heavy atom. The first-order chi connectivity index (χ1) is 13.3. The number of hydrogen-bond acceptors (Lipinski definition) is 5. The molecule has 3 rings (SSSR count). The van der Waals surface area contributed by atoms with Crippen molar-refractivity contribution in [1.82, 2.24) is 15.0 Å². The van der Waals surface area contributed by atoms with Gasteiger partial charge in [0.25, 0.3) is 0 Å². The number of anilines is 2. The molecule has 3 N–H and O–H groups in total. The maximum atomic E-state index is 5.86. The molecule has 148 valence electrons. The second-order valence-electron chi connectivity index (χ2n) is 8.32. The molecule has 0 saturated heterocycles. The van der Waals surface area contributed by atoms with E-state index in [0.29, 0.717) is 0 Å². The highest BCUT2D eigenvalue weighted by atomic mass is 15.3. The van der Waals surface area contributed by atoms with Gasteiger partial charge in [0.1, 0.15) is 12.1 Å². The van der Waals surface area contributed by atoms with E-state index in [4.69, 9.17) is 10.7 Å². The maximum Gasteiger partial charge on any atom is 0.222 e. The lowest BCUT2D eigenvalue weighted by molar-refractivity contribution is -0.884. The lowest BCUT2D eigenvalue weighted by Gasteiger charge is -2.23. The second-order valence-corrected chi connectivity index (χ2v) is 8.32. The fraction of sp³-hybridized carbons (Fsp3) is 0.409. The molecule has 0 aliphatic carbocycles. The summed E-state index contributed by atoms with van der Waals surface area (Å²) in [5.41, 5.74) is 11.0. The van der Waals surface area contributed by atoms with Crippen LogP contribution >= 0.6 is 0 Å². The Kier molecular flexibility index (Phi) is 6.09. The first-order valence-electron chi connectivity index (χ1n) is 9.89. The molecule has 6 nitrogen and oxygen atoms in total. The van der Waals surface area contributed by atoms with Crippen LogP contribution in [0.4, 0.5) is 11.8 Å². The summed E-state index contributed by atoms with van der Waals surface area (Å²) in [4.78, 5) is 13.5. The highest BCUT2D eigenvalue weighted by Gasteiger charge is 2.11. The van der Waals surface area contributed by atoms with Gasteiger partial charge in [0.2, 0.25) is 5.95 Å². The minimum absolute atomic E-state index is 0.272. The van der Waals surface area contributed by atoms with Crippen molar-refractivity contribution in [2.45, 2.75) is 32.7 Å². The van der Waals surface area contributed by atoms with E-state index >= 15 is 0 Å². The highest BCUT2D eigenvalue weighted by Crippen LogP contribution is 2.21. The Morgan fingerprint density at radius 2 is 1.64 bits per heavy atom. The number of rotatable bonds is 8. The molecule has 0 unspecified atom stereocenters. The highest BCUT2D eigenvalue weighted by molar-refractivity contribution is 5.86. The molecule has 28 heavy (non-hydrogen) atoms. The molecule has 2 heterocycles. The van der Waals surface area contributed by atoms with Gasteiger partial charge in [-0.2, -0.15) is 4.98 Å². The number of quaternary nitrogens is 1. The van der Waals surface area contributed by atoms with Crippen LogP contribution < -0.4 is 11.1 Å². The molecule has 0 amide bonds. The number of nitrogen functional groups attached to an aromatic ring is 1. The predicted molar refractivity (Wildman–Crippen MR) is 116 cm³/mol. The van der Waals surface area contributed by atoms with Crippen LogP contribution in [0.5, 0.6) is 0 Å². The van der Waals surface area contributed by atoms with Crippen LogP contribution in [0.1, 0.15) is 36.6 Å². The number of unbranched alkanes of at least 4 members (excludes halogenated alkanes) is 1. The largest absolute Gasteiger partial charge is 0.368 e. The zero-order valence-electron chi connectivity index (χ0n) is 17.4. The summed E-state index contributed by atoms with van der Waals surface area (Å²) in [6.45, 7) is 4.03. The normalized spacial score (nSPS) is 11.7. The Hall–Kier alpha value is -2.73. The first kappa shape index (κ1) is 20.0. The summed E-state index contributed by atoms with van der Waals surface area (Å²) in [7, 11) is 6.61. The van der Waals surface area contributed by atoms with Crippen LogP contribution in [0.3, 0.4) is 0 Å². The Morgan fingerprint density at radius 1 is 0.929 bits per heavy atom. The number of nitrogens with one attached hydrogen (secondary N) is 1. The number of nitrogens with zero attached hydrogens (tertiary/aromatic N) is 4. The molecule has 3 aromatic rings. The van der Waals surface area contributed by atoms with Crippen molar-refractivity contribution in [3.63, 3.8) is 0 Å². The SMILES string of the molecule is CCCCNc1nc(N)nc2ccc(Cc3ccc(C[N+](C)(C)C)cc3)nc12. The molecule has 1 aromatic carbocycles. The van der Waals surface area contributed by atoms with Crippen molar-refractivity contribution in [2.24, 2.45) is 0 Å². The minimum atomic E-state index is 0.272. The molecule has 0 saturated carbocycles. The van der Waals surface area contributed by atoms with E-state index in [-0.39, 0.29) is 5.95 Å². The first-order valence-corrected chi connectivity index (χ1v) is 9.89. The van der Waals surface area contributed by atoms with Crippen molar-refractivity contribution < 1.29 is 4.48 Å². The lowest BCUT2D eigenvalue weighted by Crippen LogP contribution is -2.33. The van der Waals surface area contributed by atoms with E-state index in [1.165, 1.54) is 11.1 Å². The van der Waals surface area contributed by atoms with Gasteiger partial charge in [0.15, 0.2) is 5.82 Å². The molecule has 0 aliphatic rings. The number of nitrogens with two attached hydrogens (primary N) is 1. The molecule has 0 atom stereocenters. The smallest absolute Gasteiger partial charge is 0.222 e. The van der Waals surface area contributed by atoms with Gasteiger partial charge in [-0.25, -0.2) is 9.97 Å². The fourth-order valence-corrected chi connectivity index (χ4v) is 3.20. The lowest BCUT2D eigenvalue weighted by atomic mass is 10.1. The van der Waals surface area contributed by atoms with Crippen molar-refractivity contribution in [1.29, 1.82) is 0 Å². The second kappa shape index (κ2) is 8.52. The number of aromatic nitrogens is 3. The van der Waals surface area contributed by atoms with E-state index in [1.54, 1.807) is 0 Å². The van der Waals surface area contributed by atoms with Crippen molar-refractivity contribution >= 4 is 22.8 Å². The van der Waals surface area contributed by atoms with E-state index in [0.717, 1.165) is 59.4 Å². The summed E-state index contributed by atoms with van der Waals surface area (Å²) in [5, 5.41) is 3.35. The van der Waals surface area contributed by atoms with Gasteiger partial charge in [-0.05, 0) is 24.1 Å². The fourth-order valence-electron chi connectivity index (χ4n) is 3.20. The van der Waals surface area contributed by atoms with Gasteiger partial charge >= 0.3 is 0 Å². The molecule has 0 radical (unpaired) electrons. The summed E-state index contributed by atoms with van der Waals surface area (Å²) in [5.74, 6) is 0.991. The van der Waals surface area contributed by atoms with Crippen LogP contribution in [0.25, 0.3) is 11.0 Å². The Balaban J connectivity index is 1.81. The van der Waals surface area contributed by atoms with Crippen LogP contribution in [-0.4, -0.2) is 47.1 Å². The summed E-state index contributed by atoms with van der Waals surface area (Å²) in [6, 6.07) is 12.8. The Bertz CT molecular complexity index is 928. The van der Waals surface area contributed by atoms with Gasteiger partial charge in [0, 0.05) is 24.2 Å². The van der Waals surface area contributed by atoms with E-state index in [2.05, 4.69) is 67.6 Å². The molecule has 0 spiro atoms. The number of benzene rings is 1. The van der Waals surface area contributed by atoms with Crippen LogP contribution in [0, 0.1) is 0 Å². The van der Waals surface area contributed by atoms with Crippen molar-refractivity contribution in [3.8, 4) is 0 Å². The molecular weight excluding hydrogens is 348 g/mol. The van der Waals surface area contributed by atoms with E-state index < -0.39 is 0 Å². The standard InChI is InChI=1S/C22H31N6/c1-5-6-13-24-21-20-19(26-22(23)27-21)12-11-18(25-20)14-16-7-9-17(10-8-16)15-28(2,3)4/h7-12H,5-6,13-15H2,1-4H3,(H3,23,24,26,27)/q+1. The van der Waals surface area contributed by atoms with Crippen LogP contribution in [-0.2, 0) is 13.0 Å².